The highest BCUT2D eigenvalue weighted by Crippen LogP contribution is 2.32. The molecule has 6 nitrogen and oxygen atoms in total. The van der Waals surface area contributed by atoms with Gasteiger partial charge in [-0.1, -0.05) is 36.4 Å². The summed E-state index contributed by atoms with van der Waals surface area (Å²) in [5.74, 6) is 1.41. The quantitative estimate of drug-likeness (QED) is 0.479. The third kappa shape index (κ3) is 6.25. The smallest absolute Gasteiger partial charge is 0.294 e. The van der Waals surface area contributed by atoms with Gasteiger partial charge in [0, 0.05) is 6.07 Å². The zero-order valence-electron chi connectivity index (χ0n) is 14.7. The average Bonchev–Trinajstić information content (AvgIpc) is 2.61. The van der Waals surface area contributed by atoms with Crippen LogP contribution in [0.3, 0.4) is 0 Å². The maximum atomic E-state index is 12.0. The monoisotopic (exact) mass is 388 g/mol. The van der Waals surface area contributed by atoms with Crippen molar-refractivity contribution in [2.75, 3.05) is 0 Å². The summed E-state index contributed by atoms with van der Waals surface area (Å²) in [4.78, 5) is 12.0. The van der Waals surface area contributed by atoms with E-state index in [4.69, 9.17) is 23.1 Å². The summed E-state index contributed by atoms with van der Waals surface area (Å²) >= 11 is 0. The lowest BCUT2D eigenvalue weighted by Gasteiger charge is -2.17. The molecule has 0 N–H and O–H groups in total. The predicted molar refractivity (Wildman–Crippen MR) is 88.7 cm³/mol. The lowest BCUT2D eigenvalue weighted by atomic mass is 9.99. The molecule has 0 aliphatic carbocycles. The van der Waals surface area contributed by atoms with E-state index in [0.717, 1.165) is 22.5 Å². The van der Waals surface area contributed by atoms with Crippen LogP contribution in [0.25, 0.3) is 22.6 Å². The molecule has 0 radical (unpaired) electrons. The number of aryl methyl sites for hydroxylation is 1. The van der Waals surface area contributed by atoms with Crippen molar-refractivity contribution in [3.63, 3.8) is 0 Å². The molecule has 0 bridgehead atoms. The number of carbonyl (C=O) groups is 1. The molecule has 27 heavy (non-hydrogen) atoms. The normalized spacial score (nSPS) is 10.7. The van der Waals surface area contributed by atoms with Crippen LogP contribution in [0.2, 0.25) is 0 Å². The number of rotatable bonds is 3. The van der Waals surface area contributed by atoms with Gasteiger partial charge >= 0.3 is 11.5 Å². The highest BCUT2D eigenvalue weighted by atomic mass is 35.7. The Bertz CT molecular complexity index is 899. The highest BCUT2D eigenvalue weighted by Gasteiger charge is 2.27. The minimum absolute atomic E-state index is 0.0136. The summed E-state index contributed by atoms with van der Waals surface area (Å²) in [6, 6.07) is 21.6. The van der Waals surface area contributed by atoms with Gasteiger partial charge in [-0.2, -0.15) is 0 Å². The number of ketones is 1. The molecule has 0 aliphatic rings. The van der Waals surface area contributed by atoms with Gasteiger partial charge in [0.1, 0.15) is 5.56 Å². The van der Waals surface area contributed by atoms with Crippen LogP contribution in [0.1, 0.15) is 22.8 Å². The van der Waals surface area contributed by atoms with Gasteiger partial charge in [0.05, 0.1) is 11.1 Å². The molecule has 0 unspecified atom stereocenters. The molecule has 0 spiro atoms. The van der Waals surface area contributed by atoms with E-state index in [1.54, 1.807) is 6.92 Å². The molecule has 1 aromatic heterocycles. The Morgan fingerprint density at radius 1 is 0.852 bits per heavy atom. The average molecular weight is 389 g/mol. The van der Waals surface area contributed by atoms with E-state index >= 15 is 0 Å². The number of hydrogen-bond donors (Lipinski definition) is 0. The van der Waals surface area contributed by atoms with Gasteiger partial charge in [-0.25, -0.2) is 23.1 Å². The molecule has 0 aliphatic heterocycles. The number of hydrogen-bond acceptors (Lipinski definition) is 5. The molecule has 0 saturated heterocycles. The molecule has 2 aromatic carbocycles. The second-order valence-corrected chi connectivity index (χ2v) is 6.42. The van der Waals surface area contributed by atoms with E-state index in [2.05, 4.69) is 0 Å². The summed E-state index contributed by atoms with van der Waals surface area (Å²) in [6.45, 7) is 3.53. The Kier molecular flexibility index (Phi) is 6.79. The van der Waals surface area contributed by atoms with Crippen molar-refractivity contribution in [2.24, 2.45) is 0 Å². The molecule has 1 heterocycles. The molecule has 7 heteroatoms. The Balaban J connectivity index is 0.000000465. The Morgan fingerprint density at radius 2 is 1.30 bits per heavy atom. The first kappa shape index (κ1) is 20.7. The Hall–Kier alpha value is -2.61. The maximum Gasteiger partial charge on any atom is 0.371 e. The summed E-state index contributed by atoms with van der Waals surface area (Å²) < 4.78 is 40.1. The van der Waals surface area contributed by atoms with Crippen molar-refractivity contribution in [1.29, 1.82) is 0 Å². The molecule has 3 aromatic rings. The summed E-state index contributed by atoms with van der Waals surface area (Å²) in [5, 5.41) is 0. The van der Waals surface area contributed by atoms with Crippen molar-refractivity contribution in [3.8, 4) is 22.6 Å². The van der Waals surface area contributed by atoms with Crippen LogP contribution < -0.4 is 18.6 Å². The summed E-state index contributed by atoms with van der Waals surface area (Å²) in [5.41, 5.74) is 3.48. The molecule has 3 rings (SSSR count). The van der Waals surface area contributed by atoms with Crippen molar-refractivity contribution in [1.82, 2.24) is 0 Å². The number of benzene rings is 2. The second-order valence-electron chi connectivity index (χ2n) is 5.66. The van der Waals surface area contributed by atoms with E-state index in [0.29, 0.717) is 11.3 Å². The lowest BCUT2D eigenvalue weighted by Crippen LogP contribution is -2.68. The van der Waals surface area contributed by atoms with Gasteiger partial charge in [-0.3, -0.25) is 4.79 Å². The van der Waals surface area contributed by atoms with E-state index in [1.807, 2.05) is 73.7 Å². The summed E-state index contributed by atoms with van der Waals surface area (Å²) in [6.07, 6.45) is 0. The van der Waals surface area contributed by atoms with Crippen molar-refractivity contribution in [3.05, 3.63) is 77.9 Å². The van der Waals surface area contributed by atoms with Gasteiger partial charge in [0.15, 0.2) is 5.78 Å². The summed E-state index contributed by atoms with van der Waals surface area (Å²) in [7, 11) is -4.94. The van der Waals surface area contributed by atoms with Crippen molar-refractivity contribution < 1.29 is 38.1 Å². The van der Waals surface area contributed by atoms with Crippen LogP contribution in [0.15, 0.2) is 71.1 Å². The first-order valence-electron chi connectivity index (χ1n) is 7.88. The first-order valence-corrected chi connectivity index (χ1v) is 9.11. The molecule has 0 saturated carbocycles. The number of halogens is 1. The standard InChI is InChI=1S/C20H17O2.ClHO4/c1-14-13-18(16-9-5-3-6-10-16)22-20(19(14)15(2)21)17-11-7-4-8-12-17;2-1(3,4)5/h3-13H,1-2H3;(H,2,3,4,5)/q+1;/p-1. The fourth-order valence-corrected chi connectivity index (χ4v) is 2.61. The number of carbonyl (C=O) groups excluding carboxylic acids is 1. The largest absolute Gasteiger partial charge is 0.371 e. The van der Waals surface area contributed by atoms with E-state index < -0.39 is 10.2 Å². The van der Waals surface area contributed by atoms with Gasteiger partial charge in [0.2, 0.25) is 0 Å². The fraction of sp³-hybridized carbons (Fsp3) is 0.100. The third-order valence-electron chi connectivity index (χ3n) is 3.63. The van der Waals surface area contributed by atoms with E-state index in [-0.39, 0.29) is 5.78 Å². The maximum absolute atomic E-state index is 12.0. The molecular weight excluding hydrogens is 372 g/mol. The molecule has 140 valence electrons. The topological polar surface area (TPSA) is 121 Å². The third-order valence-corrected chi connectivity index (χ3v) is 3.63. The zero-order chi connectivity index (χ0) is 20.0. The van der Waals surface area contributed by atoms with Crippen LogP contribution in [0.4, 0.5) is 0 Å². The van der Waals surface area contributed by atoms with Gasteiger partial charge < -0.3 is 0 Å². The first-order chi connectivity index (χ1) is 12.7. The predicted octanol–water partition coefficient (Wildman–Crippen LogP) is 0.650. The van der Waals surface area contributed by atoms with Crippen LogP contribution in [0, 0.1) is 17.2 Å². The van der Waals surface area contributed by atoms with Crippen molar-refractivity contribution >= 4 is 5.78 Å². The lowest BCUT2D eigenvalue weighted by molar-refractivity contribution is -2.00. The zero-order valence-corrected chi connectivity index (χ0v) is 15.4. The van der Waals surface area contributed by atoms with Crippen LogP contribution in [-0.2, 0) is 0 Å². The van der Waals surface area contributed by atoms with Crippen molar-refractivity contribution in [2.45, 2.75) is 13.8 Å². The highest BCUT2D eigenvalue weighted by molar-refractivity contribution is 6.01. The SMILES string of the molecule is CC(=O)c1c(C)cc(-c2ccccc2)[o+]c1-c1ccccc1.[O-][Cl+3]([O-])([O-])[O-]. The van der Waals surface area contributed by atoms with Gasteiger partial charge in [-0.15, -0.1) is 10.2 Å². The van der Waals surface area contributed by atoms with Crippen LogP contribution in [-0.4, -0.2) is 5.78 Å². The minimum atomic E-state index is -4.94. The van der Waals surface area contributed by atoms with Crippen LogP contribution >= 0.6 is 0 Å². The second kappa shape index (κ2) is 8.85. The minimum Gasteiger partial charge on any atom is -0.294 e. The fourth-order valence-electron chi connectivity index (χ4n) is 2.61. The Morgan fingerprint density at radius 3 is 1.74 bits per heavy atom. The molecular formula is C20H17ClO6. The van der Waals surface area contributed by atoms with Crippen LogP contribution in [0.5, 0.6) is 0 Å². The molecule has 0 fully saturated rings. The van der Waals surface area contributed by atoms with Gasteiger partial charge in [0.25, 0.3) is 0 Å². The Labute approximate surface area is 158 Å². The van der Waals surface area contributed by atoms with E-state index in [1.165, 1.54) is 0 Å². The number of Topliss-reactive ketones (excluding diaryl/α,β-unsaturated/α-hetero) is 1. The van der Waals surface area contributed by atoms with Gasteiger partial charge in [-0.05, 0) is 43.7 Å². The molecule has 0 amide bonds. The molecule has 0 atom stereocenters. The van der Waals surface area contributed by atoms with E-state index in [9.17, 15) is 4.79 Å².